The molecule has 0 bridgehead atoms. The fourth-order valence-electron chi connectivity index (χ4n) is 23.8. The fraction of sp³-hybridized carbons (Fsp3) is 0.836. The second-order valence-corrected chi connectivity index (χ2v) is 41.5. The molecule has 3 aromatic rings. The normalized spacial score (nSPS) is 20.6. The summed E-state index contributed by atoms with van der Waals surface area (Å²) in [5.41, 5.74) is -2.38. The molecule has 2 fully saturated rings. The lowest BCUT2D eigenvalue weighted by Gasteiger charge is -2.44. The Morgan fingerprint density at radius 3 is 0.844 bits per heavy atom. The van der Waals surface area contributed by atoms with Gasteiger partial charge in [0.05, 0.1) is 21.5 Å². The molecule has 0 N–H and O–H groups in total. The van der Waals surface area contributed by atoms with Crippen LogP contribution >= 0.6 is 0 Å². The van der Waals surface area contributed by atoms with Gasteiger partial charge in [-0.15, -0.1) is 0 Å². The van der Waals surface area contributed by atoms with E-state index >= 15 is 0 Å². The van der Waals surface area contributed by atoms with E-state index in [9.17, 15) is 38.4 Å². The number of rotatable bonds is 75. The van der Waals surface area contributed by atoms with Crippen LogP contribution in [-0.2, 0) is 31.3 Å². The molecule has 2 aromatic heterocycles. The van der Waals surface area contributed by atoms with Crippen molar-refractivity contribution < 1.29 is 19.2 Å². The molecule has 2 saturated carbocycles. The van der Waals surface area contributed by atoms with Gasteiger partial charge in [-0.3, -0.25) is 57.3 Å². The average Bonchev–Trinajstić information content (AvgIpc) is 1.57. The maximum atomic E-state index is 14.9. The lowest BCUT2D eigenvalue weighted by Crippen LogP contribution is -2.49. The molecule has 0 spiro atoms. The molecule has 12 heteroatoms. The average molecular weight is 1690 g/mol. The summed E-state index contributed by atoms with van der Waals surface area (Å²) < 4.78 is 2.94. The highest BCUT2D eigenvalue weighted by molar-refractivity contribution is 6.14. The highest BCUT2D eigenvalue weighted by Crippen LogP contribution is 2.50. The quantitative estimate of drug-likeness (QED) is 0.0400. The van der Waals surface area contributed by atoms with Gasteiger partial charge in [0.2, 0.25) is 0 Å². The van der Waals surface area contributed by atoms with Gasteiger partial charge in [-0.05, 0) is 169 Å². The van der Waals surface area contributed by atoms with Gasteiger partial charge >= 0.3 is 0 Å². The number of carbonyl (C=O) groups is 4. The van der Waals surface area contributed by atoms with Crippen LogP contribution < -0.4 is 22.2 Å². The van der Waals surface area contributed by atoms with E-state index in [1.54, 1.807) is 21.6 Å². The van der Waals surface area contributed by atoms with Gasteiger partial charge in [-0.25, -0.2) is 0 Å². The Bertz CT molecular complexity index is 3550. The molecule has 2 aliphatic heterocycles. The number of benzene rings is 1. The largest absolute Gasteiger partial charge is 0.275 e. The second kappa shape index (κ2) is 60.1. The number of nitrogens with zero attached hydrogens (tertiary/aromatic N) is 4. The van der Waals surface area contributed by atoms with Crippen LogP contribution in [0.15, 0.2) is 55.6 Å². The van der Waals surface area contributed by atoms with Crippen LogP contribution in [0.3, 0.4) is 0 Å². The van der Waals surface area contributed by atoms with Crippen molar-refractivity contribution in [2.75, 3.05) is 6.54 Å². The third kappa shape index (κ3) is 35.0. The molecule has 4 amide bonds. The van der Waals surface area contributed by atoms with E-state index in [-0.39, 0.29) is 67.4 Å². The van der Waals surface area contributed by atoms with Crippen LogP contribution in [-0.4, -0.2) is 54.6 Å². The fourth-order valence-corrected chi connectivity index (χ4v) is 23.8. The Labute approximate surface area is 746 Å². The predicted octanol–water partition coefficient (Wildman–Crippen LogP) is 30.3. The standard InChI is InChI=1S/C110H186N4O8/c1-10-15-20-25-32-43-57-80-109(8,113-103(117)78-79-104(113)118)81-58-44-33-28-37-50-66-91-74-72-90(65-49-24-19-14-5)94(69-53-40-27-22-17-12-3)96(91)71-55-42-31-36-47-62-85-112-105(119)97-86-99-100(87-98(97)106(112)120)108(122)114(107(99)121)110(9,83-60-56-63-88(6)7)82-59-45-34-29-38-51-67-92-75-73-89(64-48-23-18-13-4)93(68-52-39-26-21-16-11-2)95(92)70-54-41-30-35-46-61-84-111-101(115)76-77-102(111)116/h76-79,86-96H,10-75,80-85H2,1-9H3. The maximum absolute atomic E-state index is 14.9. The molecule has 10 atom stereocenters. The molecule has 4 aliphatic rings. The van der Waals surface area contributed by atoms with Crippen molar-refractivity contribution in [1.29, 1.82) is 0 Å². The van der Waals surface area contributed by atoms with E-state index in [1.165, 1.54) is 361 Å². The number of hydrogen-bond donors (Lipinski definition) is 0. The summed E-state index contributed by atoms with van der Waals surface area (Å²) in [6, 6.07) is 3.20. The number of amides is 4. The van der Waals surface area contributed by atoms with Gasteiger partial charge in [0, 0.05) is 48.5 Å². The van der Waals surface area contributed by atoms with Crippen molar-refractivity contribution in [3.8, 4) is 0 Å². The van der Waals surface area contributed by atoms with Crippen LogP contribution in [0.1, 0.15) is 512 Å². The van der Waals surface area contributed by atoms with Gasteiger partial charge in [0.1, 0.15) is 0 Å². The molecule has 0 radical (unpaired) electrons. The topological polar surface area (TPSA) is 153 Å². The van der Waals surface area contributed by atoms with E-state index in [2.05, 4.69) is 62.3 Å². The zero-order chi connectivity index (χ0) is 87.6. The van der Waals surface area contributed by atoms with E-state index in [4.69, 9.17) is 0 Å². The Kier molecular flexibility index (Phi) is 51.4. The minimum absolute atomic E-state index is 0.131. The minimum Gasteiger partial charge on any atom is -0.275 e. The maximum Gasteiger partial charge on any atom is 0.262 e. The number of hydrogen-bond acceptors (Lipinski definition) is 8. The van der Waals surface area contributed by atoms with E-state index < -0.39 is 11.1 Å². The van der Waals surface area contributed by atoms with Crippen LogP contribution in [0, 0.1) is 53.3 Å². The first-order valence-electron chi connectivity index (χ1n) is 53.4. The molecule has 122 heavy (non-hydrogen) atoms. The predicted molar refractivity (Wildman–Crippen MR) is 518 cm³/mol. The van der Waals surface area contributed by atoms with Crippen molar-refractivity contribution >= 4 is 45.2 Å². The number of imide groups is 2. The summed E-state index contributed by atoms with van der Waals surface area (Å²) in [6.45, 7) is 21.3. The van der Waals surface area contributed by atoms with Gasteiger partial charge in [-0.2, -0.15) is 0 Å². The molecule has 7 rings (SSSR count). The van der Waals surface area contributed by atoms with Crippen LogP contribution in [0.5, 0.6) is 0 Å². The molecule has 1 aromatic carbocycles. The first-order valence-corrected chi connectivity index (χ1v) is 53.4. The first kappa shape index (κ1) is 104. The number of carbonyl (C=O) groups excluding carboxylic acids is 4. The molecule has 0 saturated heterocycles. The van der Waals surface area contributed by atoms with E-state index in [0.717, 1.165) is 169 Å². The summed E-state index contributed by atoms with van der Waals surface area (Å²) in [7, 11) is 0. The number of fused-ring (bicyclic) bond motifs is 2. The highest BCUT2D eigenvalue weighted by atomic mass is 16.2. The van der Waals surface area contributed by atoms with E-state index in [1.807, 2.05) is 0 Å². The van der Waals surface area contributed by atoms with E-state index in [0.29, 0.717) is 19.0 Å². The van der Waals surface area contributed by atoms with Crippen LogP contribution in [0.2, 0.25) is 0 Å². The smallest absolute Gasteiger partial charge is 0.262 e. The van der Waals surface area contributed by atoms with Crippen molar-refractivity contribution in [3.63, 3.8) is 0 Å². The number of aromatic nitrogens is 2. The van der Waals surface area contributed by atoms with Crippen molar-refractivity contribution in [3.05, 3.63) is 77.9 Å². The second-order valence-electron chi connectivity index (χ2n) is 41.5. The summed E-state index contributed by atoms with van der Waals surface area (Å²) >= 11 is 0. The Morgan fingerprint density at radius 2 is 0.525 bits per heavy atom. The third-order valence-electron chi connectivity index (χ3n) is 31.2. The summed E-state index contributed by atoms with van der Waals surface area (Å²) in [5.74, 6) is 6.69. The van der Waals surface area contributed by atoms with Crippen molar-refractivity contribution in [1.82, 2.24) is 18.9 Å². The molecule has 694 valence electrons. The minimum atomic E-state index is -0.675. The third-order valence-corrected chi connectivity index (χ3v) is 31.2. The molecular weight excluding hydrogens is 1510 g/mol. The molecule has 2 aliphatic carbocycles. The Morgan fingerprint density at radius 1 is 0.279 bits per heavy atom. The van der Waals surface area contributed by atoms with Crippen molar-refractivity contribution in [2.24, 2.45) is 53.3 Å². The SMILES string of the molecule is CCCCCCCCCC(C)(CCCCCCCCC1CCC(CCCCCC)C(CCCCCCCC)C1CCCCCCCCn1c(=O)c2cc3c(=O)n(C(C)(CCCCCCCCC4CCC(CCCCCC)C(CCCCCCCC)C4CCCCCCCCN4C(=O)C=CC4=O)CCCCC(C)C)c(=O)c3cc2c1=O)N1C(=O)C=CC1=O. The van der Waals surface area contributed by atoms with Crippen LogP contribution in [0.4, 0.5) is 0 Å². The molecule has 12 nitrogen and oxygen atoms in total. The summed E-state index contributed by atoms with van der Waals surface area (Å²) in [6.07, 6.45) is 92.1. The van der Waals surface area contributed by atoms with Gasteiger partial charge in [0.25, 0.3) is 45.9 Å². The summed E-state index contributed by atoms with van der Waals surface area (Å²) in [4.78, 5) is 112. The zero-order valence-electron chi connectivity index (χ0n) is 80.6. The lowest BCUT2D eigenvalue weighted by atomic mass is 9.61. The number of unbranched alkanes of at least 4 members (excludes halogenated alkanes) is 43. The van der Waals surface area contributed by atoms with Crippen molar-refractivity contribution in [2.45, 2.75) is 529 Å². The van der Waals surface area contributed by atoms with Gasteiger partial charge in [-0.1, -0.05) is 408 Å². The zero-order valence-corrected chi connectivity index (χ0v) is 80.6. The van der Waals surface area contributed by atoms with Gasteiger partial charge < -0.3 is 0 Å². The molecule has 4 heterocycles. The molecule has 10 unspecified atom stereocenters. The Balaban J connectivity index is 0.906. The monoisotopic (exact) mass is 1690 g/mol. The lowest BCUT2D eigenvalue weighted by molar-refractivity contribution is -0.144. The summed E-state index contributed by atoms with van der Waals surface area (Å²) in [5, 5.41) is 1.09. The van der Waals surface area contributed by atoms with Gasteiger partial charge in [0.15, 0.2) is 0 Å². The molecular formula is C110H186N4O8. The highest BCUT2D eigenvalue weighted by Gasteiger charge is 2.42. The Hall–Kier alpha value is -4.74. The first-order chi connectivity index (χ1) is 59.4. The van der Waals surface area contributed by atoms with Crippen LogP contribution in [0.25, 0.3) is 21.5 Å².